The maximum Gasteiger partial charge on any atom is 0.216 e. The Kier molecular flexibility index (Phi) is 5.72. The highest BCUT2D eigenvalue weighted by Gasteiger charge is 2.21. The molecule has 6 heteroatoms. The van der Waals surface area contributed by atoms with Crippen LogP contribution in [0, 0.1) is 5.82 Å². The van der Waals surface area contributed by atoms with Crippen LogP contribution in [-0.4, -0.2) is 35.9 Å². The summed E-state index contributed by atoms with van der Waals surface area (Å²) in [4.78, 5) is 10.7. The third-order valence-corrected chi connectivity index (χ3v) is 2.69. The average molecular weight is 271 g/mol. The molecule has 3 N–H and O–H groups in total. The van der Waals surface area contributed by atoms with E-state index in [1.807, 2.05) is 0 Å². The van der Waals surface area contributed by atoms with Crippen LogP contribution >= 0.6 is 0 Å². The highest BCUT2D eigenvalue weighted by Crippen LogP contribution is 2.28. The molecule has 2 unspecified atom stereocenters. The number of rotatable bonds is 6. The lowest BCUT2D eigenvalue weighted by Crippen LogP contribution is -2.27. The summed E-state index contributed by atoms with van der Waals surface area (Å²) in [6.07, 6.45) is -2.10. The standard InChI is InChI=1S/C13H18FNO4/c1-8(16)15-6-5-11(17)13(18)10-4-3-9(14)7-12(10)19-2/h3-4,7,11,13,17-18H,5-6H2,1-2H3,(H,15,16). The van der Waals surface area contributed by atoms with Gasteiger partial charge in [0.25, 0.3) is 0 Å². The van der Waals surface area contributed by atoms with E-state index in [1.54, 1.807) is 0 Å². The highest BCUT2D eigenvalue weighted by molar-refractivity contribution is 5.72. The predicted octanol–water partition coefficient (Wildman–Crippen LogP) is 0.755. The van der Waals surface area contributed by atoms with Gasteiger partial charge < -0.3 is 20.3 Å². The molecule has 0 heterocycles. The Bertz CT molecular complexity index is 439. The van der Waals surface area contributed by atoms with E-state index in [0.29, 0.717) is 5.56 Å². The molecule has 1 amide bonds. The van der Waals surface area contributed by atoms with Gasteiger partial charge >= 0.3 is 0 Å². The van der Waals surface area contributed by atoms with E-state index in [4.69, 9.17) is 4.74 Å². The lowest BCUT2D eigenvalue weighted by molar-refractivity contribution is -0.119. The number of nitrogens with one attached hydrogen (secondary N) is 1. The van der Waals surface area contributed by atoms with Gasteiger partial charge in [-0.25, -0.2) is 4.39 Å². The Morgan fingerprint density at radius 2 is 2.16 bits per heavy atom. The molecule has 0 saturated carbocycles. The van der Waals surface area contributed by atoms with Gasteiger partial charge in [-0.3, -0.25) is 4.79 Å². The fourth-order valence-corrected chi connectivity index (χ4v) is 1.69. The predicted molar refractivity (Wildman–Crippen MR) is 67.2 cm³/mol. The Labute approximate surface area is 111 Å². The topological polar surface area (TPSA) is 78.8 Å². The van der Waals surface area contributed by atoms with Crippen molar-refractivity contribution in [1.82, 2.24) is 5.32 Å². The quantitative estimate of drug-likeness (QED) is 0.713. The number of aliphatic hydroxyl groups is 2. The van der Waals surface area contributed by atoms with Crippen molar-refractivity contribution in [2.75, 3.05) is 13.7 Å². The molecule has 1 rings (SSSR count). The monoisotopic (exact) mass is 271 g/mol. The van der Waals surface area contributed by atoms with Crippen molar-refractivity contribution >= 4 is 5.91 Å². The molecule has 0 aromatic heterocycles. The van der Waals surface area contributed by atoms with Gasteiger partial charge in [0.1, 0.15) is 17.7 Å². The Morgan fingerprint density at radius 3 is 2.74 bits per heavy atom. The molecular formula is C13H18FNO4. The van der Waals surface area contributed by atoms with E-state index in [1.165, 1.54) is 26.2 Å². The summed E-state index contributed by atoms with van der Waals surface area (Å²) >= 11 is 0. The van der Waals surface area contributed by atoms with Gasteiger partial charge in [0.05, 0.1) is 13.2 Å². The number of aliphatic hydroxyl groups excluding tert-OH is 2. The lowest BCUT2D eigenvalue weighted by atomic mass is 10.0. The van der Waals surface area contributed by atoms with Crippen LogP contribution in [0.2, 0.25) is 0 Å². The average Bonchev–Trinajstić information content (AvgIpc) is 2.37. The Morgan fingerprint density at radius 1 is 1.47 bits per heavy atom. The molecule has 1 aromatic carbocycles. The Balaban J connectivity index is 2.70. The second-order valence-corrected chi connectivity index (χ2v) is 4.17. The van der Waals surface area contributed by atoms with Crippen molar-refractivity contribution in [3.8, 4) is 5.75 Å². The first-order valence-electron chi connectivity index (χ1n) is 5.89. The number of halogens is 1. The Hall–Kier alpha value is -1.66. The number of carbonyl (C=O) groups excluding carboxylic acids is 1. The summed E-state index contributed by atoms with van der Waals surface area (Å²) < 4.78 is 18.0. The molecule has 1 aromatic rings. The molecule has 0 fully saturated rings. The maximum atomic E-state index is 13.0. The minimum absolute atomic E-state index is 0.172. The number of hydrogen-bond acceptors (Lipinski definition) is 4. The van der Waals surface area contributed by atoms with E-state index < -0.39 is 18.0 Å². The number of methoxy groups -OCH3 is 1. The van der Waals surface area contributed by atoms with Crippen molar-refractivity contribution in [2.45, 2.75) is 25.6 Å². The molecule has 0 radical (unpaired) electrons. The summed E-state index contributed by atoms with van der Waals surface area (Å²) in [5, 5.41) is 22.3. The van der Waals surface area contributed by atoms with Crippen molar-refractivity contribution < 1.29 is 24.1 Å². The SMILES string of the molecule is COc1cc(F)ccc1C(O)C(O)CCNC(C)=O. The van der Waals surface area contributed by atoms with Crippen molar-refractivity contribution in [3.63, 3.8) is 0 Å². The molecule has 5 nitrogen and oxygen atoms in total. The fraction of sp³-hybridized carbons (Fsp3) is 0.462. The molecule has 0 spiro atoms. The third kappa shape index (κ3) is 4.50. The second-order valence-electron chi connectivity index (χ2n) is 4.17. The third-order valence-electron chi connectivity index (χ3n) is 2.69. The molecule has 0 aliphatic heterocycles. The van der Waals surface area contributed by atoms with Crippen LogP contribution in [0.4, 0.5) is 4.39 Å². The first kappa shape index (κ1) is 15.4. The van der Waals surface area contributed by atoms with Gasteiger partial charge in [-0.15, -0.1) is 0 Å². The first-order chi connectivity index (χ1) is 8.95. The number of benzene rings is 1. The van der Waals surface area contributed by atoms with Gasteiger partial charge in [-0.05, 0) is 18.6 Å². The molecule has 19 heavy (non-hydrogen) atoms. The van der Waals surface area contributed by atoms with E-state index in [0.717, 1.165) is 6.07 Å². The summed E-state index contributed by atoms with van der Waals surface area (Å²) in [6, 6.07) is 3.68. The van der Waals surface area contributed by atoms with E-state index >= 15 is 0 Å². The number of amides is 1. The van der Waals surface area contributed by atoms with Gasteiger partial charge in [-0.2, -0.15) is 0 Å². The van der Waals surface area contributed by atoms with Crippen molar-refractivity contribution in [2.24, 2.45) is 0 Å². The summed E-state index contributed by atoms with van der Waals surface area (Å²) in [7, 11) is 1.36. The number of carbonyl (C=O) groups is 1. The first-order valence-corrected chi connectivity index (χ1v) is 5.89. The number of ether oxygens (including phenoxy) is 1. The zero-order valence-electron chi connectivity index (χ0n) is 10.9. The number of hydrogen-bond donors (Lipinski definition) is 3. The zero-order valence-corrected chi connectivity index (χ0v) is 10.9. The normalized spacial score (nSPS) is 13.7. The summed E-state index contributed by atoms with van der Waals surface area (Å²) in [5.74, 6) is -0.521. The van der Waals surface area contributed by atoms with Crippen LogP contribution in [0.3, 0.4) is 0 Å². The molecule has 0 bridgehead atoms. The van der Waals surface area contributed by atoms with E-state index in [-0.39, 0.29) is 24.6 Å². The van der Waals surface area contributed by atoms with Gasteiger partial charge in [0.15, 0.2) is 0 Å². The second kappa shape index (κ2) is 7.06. The van der Waals surface area contributed by atoms with Gasteiger partial charge in [0.2, 0.25) is 5.91 Å². The highest BCUT2D eigenvalue weighted by atomic mass is 19.1. The molecule has 2 atom stereocenters. The summed E-state index contributed by atoms with van der Waals surface area (Å²) in [5.41, 5.74) is 0.305. The van der Waals surface area contributed by atoms with Crippen LogP contribution < -0.4 is 10.1 Å². The van der Waals surface area contributed by atoms with E-state index in [9.17, 15) is 19.4 Å². The van der Waals surface area contributed by atoms with Crippen LogP contribution in [0.5, 0.6) is 5.75 Å². The molecular weight excluding hydrogens is 253 g/mol. The summed E-state index contributed by atoms with van der Waals surface area (Å²) in [6.45, 7) is 1.61. The minimum Gasteiger partial charge on any atom is -0.496 e. The lowest BCUT2D eigenvalue weighted by Gasteiger charge is -2.20. The maximum absolute atomic E-state index is 13.0. The van der Waals surface area contributed by atoms with Gasteiger partial charge in [-0.1, -0.05) is 0 Å². The minimum atomic E-state index is -1.20. The van der Waals surface area contributed by atoms with Gasteiger partial charge in [0, 0.05) is 25.1 Å². The fourth-order valence-electron chi connectivity index (χ4n) is 1.69. The van der Waals surface area contributed by atoms with E-state index in [2.05, 4.69) is 5.32 Å². The zero-order chi connectivity index (χ0) is 14.4. The van der Waals surface area contributed by atoms with Crippen molar-refractivity contribution in [1.29, 1.82) is 0 Å². The smallest absolute Gasteiger partial charge is 0.216 e. The van der Waals surface area contributed by atoms with Crippen LogP contribution in [0.25, 0.3) is 0 Å². The van der Waals surface area contributed by atoms with Crippen LogP contribution in [0.1, 0.15) is 25.0 Å². The molecule has 0 saturated heterocycles. The molecule has 0 aliphatic carbocycles. The van der Waals surface area contributed by atoms with Crippen LogP contribution in [-0.2, 0) is 4.79 Å². The molecule has 0 aliphatic rings. The molecule has 106 valence electrons. The largest absolute Gasteiger partial charge is 0.496 e. The van der Waals surface area contributed by atoms with Crippen molar-refractivity contribution in [3.05, 3.63) is 29.6 Å². The van der Waals surface area contributed by atoms with Crippen LogP contribution in [0.15, 0.2) is 18.2 Å².